The fourth-order valence-corrected chi connectivity index (χ4v) is 2.68. The van der Waals surface area contributed by atoms with Crippen molar-refractivity contribution >= 4 is 5.82 Å². The number of aromatic nitrogens is 2. The van der Waals surface area contributed by atoms with E-state index in [2.05, 4.69) is 30.1 Å². The molecule has 0 bridgehead atoms. The highest BCUT2D eigenvalue weighted by atomic mass is 14.9. The van der Waals surface area contributed by atoms with Gasteiger partial charge in [0.1, 0.15) is 17.5 Å². The summed E-state index contributed by atoms with van der Waals surface area (Å²) in [6.45, 7) is 2.13. The standard InChI is InChI=1S/C19H18N4/c1-3-13-6-8-14(9-7-13)17-11-15(16(12-20)19(21)22-17)18-5-4-10-23(18)2/h4-11H,3H2,1-2H3,(H2,21,22). The molecule has 0 aliphatic carbocycles. The predicted molar refractivity (Wildman–Crippen MR) is 92.6 cm³/mol. The number of nitriles is 1. The van der Waals surface area contributed by atoms with E-state index < -0.39 is 0 Å². The molecule has 0 aliphatic rings. The third-order valence-electron chi connectivity index (χ3n) is 4.04. The van der Waals surface area contributed by atoms with E-state index in [4.69, 9.17) is 5.73 Å². The minimum atomic E-state index is 0.265. The van der Waals surface area contributed by atoms with E-state index in [1.807, 2.05) is 48.1 Å². The maximum atomic E-state index is 9.44. The molecule has 114 valence electrons. The first-order valence-corrected chi connectivity index (χ1v) is 7.55. The van der Waals surface area contributed by atoms with E-state index in [1.165, 1.54) is 5.56 Å². The zero-order chi connectivity index (χ0) is 16.4. The molecule has 4 nitrogen and oxygen atoms in total. The van der Waals surface area contributed by atoms with Gasteiger partial charge in [0.05, 0.1) is 5.69 Å². The Hall–Kier alpha value is -3.06. The lowest BCUT2D eigenvalue weighted by Gasteiger charge is -2.11. The number of aryl methyl sites for hydroxylation is 2. The van der Waals surface area contributed by atoms with Gasteiger partial charge < -0.3 is 10.3 Å². The number of benzene rings is 1. The van der Waals surface area contributed by atoms with Crippen molar-refractivity contribution in [3.05, 3.63) is 59.8 Å². The van der Waals surface area contributed by atoms with Crippen LogP contribution in [0.15, 0.2) is 48.7 Å². The van der Waals surface area contributed by atoms with E-state index in [9.17, 15) is 5.26 Å². The molecule has 0 unspecified atom stereocenters. The molecule has 2 aromatic heterocycles. The van der Waals surface area contributed by atoms with Gasteiger partial charge in [-0.15, -0.1) is 0 Å². The van der Waals surface area contributed by atoms with Crippen molar-refractivity contribution in [1.29, 1.82) is 5.26 Å². The summed E-state index contributed by atoms with van der Waals surface area (Å²) in [5.41, 5.74) is 11.3. The van der Waals surface area contributed by atoms with Crippen LogP contribution in [0.1, 0.15) is 18.1 Å². The smallest absolute Gasteiger partial charge is 0.142 e. The molecule has 3 aromatic rings. The molecule has 4 heteroatoms. The molecule has 23 heavy (non-hydrogen) atoms. The number of pyridine rings is 1. The van der Waals surface area contributed by atoms with Gasteiger partial charge in [-0.25, -0.2) is 4.98 Å². The summed E-state index contributed by atoms with van der Waals surface area (Å²) in [5.74, 6) is 0.265. The minimum absolute atomic E-state index is 0.265. The van der Waals surface area contributed by atoms with E-state index in [1.54, 1.807) is 0 Å². The lowest BCUT2D eigenvalue weighted by Crippen LogP contribution is -2.01. The molecule has 0 radical (unpaired) electrons. The van der Waals surface area contributed by atoms with Crippen LogP contribution in [0.25, 0.3) is 22.5 Å². The molecular formula is C19H18N4. The molecule has 0 saturated carbocycles. The number of nitrogens with zero attached hydrogens (tertiary/aromatic N) is 3. The van der Waals surface area contributed by atoms with Crippen molar-refractivity contribution in [1.82, 2.24) is 9.55 Å². The van der Waals surface area contributed by atoms with Crippen LogP contribution in [-0.2, 0) is 13.5 Å². The highest BCUT2D eigenvalue weighted by Crippen LogP contribution is 2.31. The first-order valence-electron chi connectivity index (χ1n) is 7.55. The molecule has 0 saturated heterocycles. The predicted octanol–water partition coefficient (Wildman–Crippen LogP) is 3.77. The molecule has 0 amide bonds. The Morgan fingerprint density at radius 2 is 1.96 bits per heavy atom. The zero-order valence-corrected chi connectivity index (χ0v) is 13.2. The summed E-state index contributed by atoms with van der Waals surface area (Å²) in [4.78, 5) is 4.42. The number of nitrogen functional groups attached to an aromatic ring is 1. The van der Waals surface area contributed by atoms with Gasteiger partial charge >= 0.3 is 0 Å². The Kier molecular flexibility index (Phi) is 3.86. The molecule has 0 spiro atoms. The number of hydrogen-bond acceptors (Lipinski definition) is 3. The molecule has 2 heterocycles. The Balaban J connectivity index is 2.18. The maximum Gasteiger partial charge on any atom is 0.142 e. The molecule has 0 fully saturated rings. The molecule has 3 rings (SSSR count). The maximum absolute atomic E-state index is 9.44. The van der Waals surface area contributed by atoms with E-state index in [-0.39, 0.29) is 5.82 Å². The average Bonchev–Trinajstić information content (AvgIpc) is 3.00. The topological polar surface area (TPSA) is 67.6 Å². The SMILES string of the molecule is CCc1ccc(-c2cc(-c3cccn3C)c(C#N)c(N)n2)cc1. The second kappa shape index (κ2) is 5.98. The fourth-order valence-electron chi connectivity index (χ4n) is 2.68. The molecular weight excluding hydrogens is 284 g/mol. The number of anilines is 1. The van der Waals surface area contributed by atoms with Gasteiger partial charge in [0.25, 0.3) is 0 Å². The van der Waals surface area contributed by atoms with Gasteiger partial charge in [-0.3, -0.25) is 0 Å². The Morgan fingerprint density at radius 3 is 2.52 bits per heavy atom. The van der Waals surface area contributed by atoms with Gasteiger partial charge in [0.15, 0.2) is 0 Å². The first-order chi connectivity index (χ1) is 11.1. The molecule has 0 aliphatic heterocycles. The minimum Gasteiger partial charge on any atom is -0.383 e. The van der Waals surface area contributed by atoms with Gasteiger partial charge in [-0.2, -0.15) is 5.26 Å². The van der Waals surface area contributed by atoms with Crippen molar-refractivity contribution in [3.63, 3.8) is 0 Å². The molecule has 1 aromatic carbocycles. The summed E-state index contributed by atoms with van der Waals surface area (Å²) in [6, 6.07) is 16.3. The van der Waals surface area contributed by atoms with E-state index in [0.29, 0.717) is 5.56 Å². The number of rotatable bonds is 3. The van der Waals surface area contributed by atoms with Gasteiger partial charge in [0.2, 0.25) is 0 Å². The summed E-state index contributed by atoms with van der Waals surface area (Å²) >= 11 is 0. The first kappa shape index (κ1) is 14.9. The Bertz CT molecular complexity index is 883. The summed E-state index contributed by atoms with van der Waals surface area (Å²) in [5, 5.41) is 9.44. The quantitative estimate of drug-likeness (QED) is 0.800. The number of nitrogens with two attached hydrogens (primary N) is 1. The second-order valence-electron chi connectivity index (χ2n) is 5.48. The molecule has 2 N–H and O–H groups in total. The highest BCUT2D eigenvalue weighted by molar-refractivity contribution is 5.78. The van der Waals surface area contributed by atoms with E-state index in [0.717, 1.165) is 28.9 Å². The zero-order valence-electron chi connectivity index (χ0n) is 13.2. The van der Waals surface area contributed by atoms with Crippen LogP contribution in [0.3, 0.4) is 0 Å². The fraction of sp³-hybridized carbons (Fsp3) is 0.158. The van der Waals surface area contributed by atoms with Gasteiger partial charge in [-0.05, 0) is 30.2 Å². The van der Waals surface area contributed by atoms with Crippen molar-refractivity contribution in [2.24, 2.45) is 7.05 Å². The van der Waals surface area contributed by atoms with Crippen molar-refractivity contribution in [3.8, 4) is 28.6 Å². The van der Waals surface area contributed by atoms with Crippen LogP contribution in [0.2, 0.25) is 0 Å². The van der Waals surface area contributed by atoms with Crippen LogP contribution >= 0.6 is 0 Å². The third-order valence-corrected chi connectivity index (χ3v) is 4.04. The van der Waals surface area contributed by atoms with Crippen LogP contribution in [-0.4, -0.2) is 9.55 Å². The van der Waals surface area contributed by atoms with Crippen LogP contribution in [0.4, 0.5) is 5.82 Å². The highest BCUT2D eigenvalue weighted by Gasteiger charge is 2.15. The van der Waals surface area contributed by atoms with Gasteiger partial charge in [0, 0.05) is 30.1 Å². The second-order valence-corrected chi connectivity index (χ2v) is 5.48. The van der Waals surface area contributed by atoms with Crippen LogP contribution < -0.4 is 5.73 Å². The molecule has 0 atom stereocenters. The third kappa shape index (κ3) is 2.69. The summed E-state index contributed by atoms with van der Waals surface area (Å²) < 4.78 is 1.97. The van der Waals surface area contributed by atoms with E-state index >= 15 is 0 Å². The summed E-state index contributed by atoms with van der Waals surface area (Å²) in [6.07, 6.45) is 2.95. The lowest BCUT2D eigenvalue weighted by atomic mass is 10.0. The van der Waals surface area contributed by atoms with Crippen molar-refractivity contribution < 1.29 is 0 Å². The van der Waals surface area contributed by atoms with Crippen molar-refractivity contribution in [2.75, 3.05) is 5.73 Å². The Morgan fingerprint density at radius 1 is 1.22 bits per heavy atom. The van der Waals surface area contributed by atoms with Gasteiger partial charge in [-0.1, -0.05) is 31.2 Å². The Labute approximate surface area is 135 Å². The van der Waals surface area contributed by atoms with Crippen LogP contribution in [0, 0.1) is 11.3 Å². The van der Waals surface area contributed by atoms with Crippen molar-refractivity contribution in [2.45, 2.75) is 13.3 Å². The van der Waals surface area contributed by atoms with Crippen LogP contribution in [0.5, 0.6) is 0 Å². The number of hydrogen-bond donors (Lipinski definition) is 1. The largest absolute Gasteiger partial charge is 0.383 e. The normalized spacial score (nSPS) is 10.5. The monoisotopic (exact) mass is 302 g/mol. The average molecular weight is 302 g/mol. The summed E-state index contributed by atoms with van der Waals surface area (Å²) in [7, 11) is 1.95. The lowest BCUT2D eigenvalue weighted by molar-refractivity contribution is 0.936.